The fraction of sp³-hybridized carbons (Fsp3) is 0.250. The largest absolute Gasteiger partial charge is 0.485 e. The molecule has 5 nitrogen and oxygen atoms in total. The molecule has 3 aromatic rings. The van der Waals surface area contributed by atoms with Gasteiger partial charge >= 0.3 is 7.75 Å². The van der Waals surface area contributed by atoms with Gasteiger partial charge in [0.05, 0.1) is 0 Å². The molecular formula is C24H28NO4P. The predicted molar refractivity (Wildman–Crippen MR) is 119 cm³/mol. The number of nitrogens with zero attached hydrogens (tertiary/aromatic N) is 1. The summed E-state index contributed by atoms with van der Waals surface area (Å²) in [7, 11) is -4.46. The van der Waals surface area contributed by atoms with Gasteiger partial charge in [0.2, 0.25) is 0 Å². The van der Waals surface area contributed by atoms with E-state index < -0.39 is 13.8 Å². The standard InChI is InChI=1S/C24H28NO4P/c1-19-11-9-10-16-23(19)29-24(22-14-7-4-8-15-22)17-18-25(30(26,27)28)20(2)21-12-5-3-6-13-21/h3-16,20,24H,17-18H2,1-2H3,(H2,26,27,28). The molecule has 0 bridgehead atoms. The molecule has 0 aromatic heterocycles. The van der Waals surface area contributed by atoms with E-state index in [0.717, 1.165) is 22.4 Å². The molecule has 0 aliphatic carbocycles. The van der Waals surface area contributed by atoms with E-state index in [1.807, 2.05) is 98.8 Å². The van der Waals surface area contributed by atoms with Crippen molar-refractivity contribution in [2.75, 3.05) is 6.54 Å². The Balaban J connectivity index is 1.83. The minimum Gasteiger partial charge on any atom is -0.485 e. The van der Waals surface area contributed by atoms with Crippen LogP contribution < -0.4 is 4.74 Å². The maximum absolute atomic E-state index is 12.3. The molecule has 3 aromatic carbocycles. The van der Waals surface area contributed by atoms with Crippen molar-refractivity contribution in [3.63, 3.8) is 0 Å². The minimum atomic E-state index is -4.46. The lowest BCUT2D eigenvalue weighted by Gasteiger charge is -2.31. The molecule has 0 radical (unpaired) electrons. The number of aryl methyl sites for hydroxylation is 1. The molecule has 30 heavy (non-hydrogen) atoms. The van der Waals surface area contributed by atoms with Gasteiger partial charge in [0, 0.05) is 19.0 Å². The van der Waals surface area contributed by atoms with Crippen LogP contribution in [0.15, 0.2) is 84.9 Å². The first-order chi connectivity index (χ1) is 14.4. The van der Waals surface area contributed by atoms with Gasteiger partial charge in [0.1, 0.15) is 11.9 Å². The molecule has 3 rings (SSSR count). The average molecular weight is 425 g/mol. The first-order valence-electron chi connectivity index (χ1n) is 10.0. The Bertz CT molecular complexity index is 975. The zero-order valence-electron chi connectivity index (χ0n) is 17.3. The van der Waals surface area contributed by atoms with Gasteiger partial charge in [-0.2, -0.15) is 0 Å². The topological polar surface area (TPSA) is 70.0 Å². The van der Waals surface area contributed by atoms with Crippen molar-refractivity contribution in [1.29, 1.82) is 0 Å². The second-order valence-electron chi connectivity index (χ2n) is 7.33. The maximum Gasteiger partial charge on any atom is 0.403 e. The third kappa shape index (κ3) is 5.80. The third-order valence-electron chi connectivity index (χ3n) is 5.22. The average Bonchev–Trinajstić information content (AvgIpc) is 2.74. The molecule has 0 amide bonds. The highest BCUT2D eigenvalue weighted by atomic mass is 31.2. The highest BCUT2D eigenvalue weighted by Crippen LogP contribution is 2.46. The van der Waals surface area contributed by atoms with E-state index in [9.17, 15) is 14.4 Å². The summed E-state index contributed by atoms with van der Waals surface area (Å²) in [6, 6.07) is 26.5. The van der Waals surface area contributed by atoms with Crippen molar-refractivity contribution in [3.8, 4) is 5.75 Å². The number of rotatable bonds is 9. The fourth-order valence-electron chi connectivity index (χ4n) is 3.51. The number of hydrogen-bond acceptors (Lipinski definition) is 2. The lowest BCUT2D eigenvalue weighted by molar-refractivity contribution is 0.163. The molecule has 2 atom stereocenters. The molecule has 0 aliphatic rings. The van der Waals surface area contributed by atoms with Crippen LogP contribution in [-0.2, 0) is 4.57 Å². The van der Waals surface area contributed by atoms with Crippen LogP contribution in [0.5, 0.6) is 5.75 Å². The van der Waals surface area contributed by atoms with E-state index in [-0.39, 0.29) is 12.6 Å². The highest BCUT2D eigenvalue weighted by molar-refractivity contribution is 7.49. The normalized spacial score (nSPS) is 13.8. The molecule has 0 fully saturated rings. The van der Waals surface area contributed by atoms with Gasteiger partial charge in [-0.1, -0.05) is 78.9 Å². The molecule has 2 unspecified atom stereocenters. The van der Waals surface area contributed by atoms with Crippen molar-refractivity contribution in [1.82, 2.24) is 4.67 Å². The molecule has 0 saturated carbocycles. The van der Waals surface area contributed by atoms with E-state index >= 15 is 0 Å². The lowest BCUT2D eigenvalue weighted by atomic mass is 10.0. The smallest absolute Gasteiger partial charge is 0.403 e. The van der Waals surface area contributed by atoms with E-state index in [0.29, 0.717) is 6.42 Å². The van der Waals surface area contributed by atoms with Gasteiger partial charge < -0.3 is 14.5 Å². The molecule has 0 heterocycles. The van der Waals surface area contributed by atoms with E-state index in [1.54, 1.807) is 0 Å². The van der Waals surface area contributed by atoms with Crippen molar-refractivity contribution in [2.45, 2.75) is 32.4 Å². The van der Waals surface area contributed by atoms with Gasteiger partial charge in [0.15, 0.2) is 0 Å². The molecule has 6 heteroatoms. The van der Waals surface area contributed by atoms with Crippen LogP contribution in [-0.4, -0.2) is 21.0 Å². The fourth-order valence-corrected chi connectivity index (χ4v) is 4.47. The molecule has 0 spiro atoms. The van der Waals surface area contributed by atoms with E-state index in [2.05, 4.69) is 0 Å². The summed E-state index contributed by atoms with van der Waals surface area (Å²) in [5, 5.41) is 0. The first-order valence-corrected chi connectivity index (χ1v) is 11.6. The molecule has 158 valence electrons. The van der Waals surface area contributed by atoms with Gasteiger partial charge in [-0.05, 0) is 36.6 Å². The predicted octanol–water partition coefficient (Wildman–Crippen LogP) is 5.66. The van der Waals surface area contributed by atoms with Crippen molar-refractivity contribution < 1.29 is 19.1 Å². The van der Waals surface area contributed by atoms with E-state index in [4.69, 9.17) is 4.74 Å². The Morgan fingerprint density at radius 3 is 1.97 bits per heavy atom. The SMILES string of the molecule is Cc1ccccc1OC(CCN(C(C)c1ccccc1)P(=O)(O)O)c1ccccc1. The number of benzene rings is 3. The van der Waals surface area contributed by atoms with Crippen molar-refractivity contribution >= 4 is 7.75 Å². The van der Waals surface area contributed by atoms with Gasteiger partial charge in [-0.3, -0.25) is 0 Å². The maximum atomic E-state index is 12.3. The molecule has 0 aliphatic heterocycles. The number of hydrogen-bond donors (Lipinski definition) is 2. The van der Waals surface area contributed by atoms with Gasteiger partial charge in [-0.15, -0.1) is 0 Å². The Morgan fingerprint density at radius 1 is 0.867 bits per heavy atom. The quantitative estimate of drug-likeness (QED) is 0.433. The Morgan fingerprint density at radius 2 is 1.40 bits per heavy atom. The summed E-state index contributed by atoms with van der Waals surface area (Å²) in [5.41, 5.74) is 2.85. The zero-order chi connectivity index (χ0) is 21.6. The Labute approximate surface area is 178 Å². The number of para-hydroxylation sites is 1. The number of ether oxygens (including phenoxy) is 1. The summed E-state index contributed by atoms with van der Waals surface area (Å²) < 4.78 is 19.8. The Kier molecular flexibility index (Phi) is 7.46. The van der Waals surface area contributed by atoms with Crippen LogP contribution in [0.2, 0.25) is 0 Å². The van der Waals surface area contributed by atoms with Crippen LogP contribution in [0.4, 0.5) is 0 Å². The summed E-state index contributed by atoms with van der Waals surface area (Å²) in [5.74, 6) is 0.769. The first kappa shape index (κ1) is 22.3. The second-order valence-corrected chi connectivity index (χ2v) is 8.87. The molecule has 2 N–H and O–H groups in total. The van der Waals surface area contributed by atoms with Crippen LogP contribution in [0.3, 0.4) is 0 Å². The molecule has 0 saturated heterocycles. The van der Waals surface area contributed by atoms with E-state index in [1.165, 1.54) is 4.67 Å². The third-order valence-corrected chi connectivity index (χ3v) is 6.43. The molecular weight excluding hydrogens is 397 g/mol. The summed E-state index contributed by atoms with van der Waals surface area (Å²) >= 11 is 0. The lowest BCUT2D eigenvalue weighted by Crippen LogP contribution is -2.27. The Hall–Kier alpha value is -2.43. The second kappa shape index (κ2) is 10.1. The van der Waals surface area contributed by atoms with Crippen LogP contribution in [0, 0.1) is 6.92 Å². The van der Waals surface area contributed by atoms with Gasteiger partial charge in [-0.25, -0.2) is 9.24 Å². The highest BCUT2D eigenvalue weighted by Gasteiger charge is 2.32. The summed E-state index contributed by atoms with van der Waals surface area (Å²) in [6.07, 6.45) is 0.102. The van der Waals surface area contributed by atoms with Crippen molar-refractivity contribution in [2.24, 2.45) is 0 Å². The van der Waals surface area contributed by atoms with Crippen molar-refractivity contribution in [3.05, 3.63) is 102 Å². The van der Waals surface area contributed by atoms with Crippen LogP contribution in [0.1, 0.15) is 42.2 Å². The summed E-state index contributed by atoms with van der Waals surface area (Å²) in [6.45, 7) is 3.98. The zero-order valence-corrected chi connectivity index (χ0v) is 18.2. The van der Waals surface area contributed by atoms with Gasteiger partial charge in [0.25, 0.3) is 0 Å². The minimum absolute atomic E-state index is 0.186. The summed E-state index contributed by atoms with van der Waals surface area (Å²) in [4.78, 5) is 20.0. The van der Waals surface area contributed by atoms with Crippen LogP contribution in [0.25, 0.3) is 0 Å². The van der Waals surface area contributed by atoms with Crippen LogP contribution >= 0.6 is 7.75 Å². The monoisotopic (exact) mass is 425 g/mol.